The number of ether oxygens (including phenoxy) is 7. The van der Waals surface area contributed by atoms with Gasteiger partial charge >= 0.3 is 0 Å². The molecule has 0 bridgehead atoms. The normalized spacial score (nSPS) is 18.9. The molecule has 9 heteroatoms. The van der Waals surface area contributed by atoms with E-state index in [1.807, 2.05) is 152 Å². The number of Topliss-reactive ketones (excluding diaryl/α,β-unsaturated/α-hetero) is 1. The highest BCUT2D eigenvalue weighted by Crippen LogP contribution is 2.49. The first-order valence-electron chi connectivity index (χ1n) is 19.8. The number of carbonyl (C=O) groups is 1. The lowest BCUT2D eigenvalue weighted by Gasteiger charge is -2.46. The van der Waals surface area contributed by atoms with Crippen molar-refractivity contribution in [3.05, 3.63) is 197 Å². The van der Waals surface area contributed by atoms with Crippen LogP contribution in [0.5, 0.6) is 17.2 Å². The minimum absolute atomic E-state index is 0.00298. The Kier molecular flexibility index (Phi) is 14.5. The number of hydrogen-bond donors (Lipinski definition) is 1. The molecule has 0 aromatic heterocycles. The summed E-state index contributed by atoms with van der Waals surface area (Å²) in [5.74, 6) is -0.285. The van der Waals surface area contributed by atoms with Crippen LogP contribution in [0.2, 0.25) is 0 Å². The second-order valence-corrected chi connectivity index (χ2v) is 14.4. The van der Waals surface area contributed by atoms with Gasteiger partial charge in [-0.1, -0.05) is 152 Å². The molecule has 1 heterocycles. The second-order valence-electron chi connectivity index (χ2n) is 14.4. The molecule has 304 valence electrons. The van der Waals surface area contributed by atoms with E-state index in [1.165, 1.54) is 14.0 Å². The van der Waals surface area contributed by atoms with Crippen LogP contribution in [0.1, 0.15) is 56.8 Å². The molecule has 0 radical (unpaired) electrons. The molecule has 0 unspecified atom stereocenters. The molecule has 7 rings (SSSR count). The van der Waals surface area contributed by atoms with E-state index in [9.17, 15) is 9.90 Å². The van der Waals surface area contributed by atoms with Crippen molar-refractivity contribution in [3.8, 4) is 17.2 Å². The van der Waals surface area contributed by atoms with Crippen molar-refractivity contribution in [3.63, 3.8) is 0 Å². The van der Waals surface area contributed by atoms with Gasteiger partial charge < -0.3 is 38.3 Å². The van der Waals surface area contributed by atoms with Crippen molar-refractivity contribution >= 4 is 5.78 Å². The van der Waals surface area contributed by atoms with Gasteiger partial charge in [0.15, 0.2) is 5.78 Å². The average Bonchev–Trinajstić information content (AvgIpc) is 3.28. The molecule has 6 aromatic rings. The topological polar surface area (TPSA) is 102 Å². The molecule has 0 amide bonds. The number of ketones is 1. The number of benzene rings is 6. The lowest BCUT2D eigenvalue weighted by Crippen LogP contribution is -2.58. The van der Waals surface area contributed by atoms with Gasteiger partial charge in [0.2, 0.25) is 0 Å². The van der Waals surface area contributed by atoms with E-state index in [0.29, 0.717) is 6.61 Å². The van der Waals surface area contributed by atoms with E-state index in [1.54, 1.807) is 6.07 Å². The van der Waals surface area contributed by atoms with Crippen LogP contribution in [0, 0.1) is 0 Å². The van der Waals surface area contributed by atoms with E-state index in [0.717, 1.165) is 27.8 Å². The molecule has 1 N–H and O–H groups in total. The van der Waals surface area contributed by atoms with E-state index in [4.69, 9.17) is 33.2 Å². The Bertz CT molecular complexity index is 2180. The number of hydrogen-bond acceptors (Lipinski definition) is 9. The van der Waals surface area contributed by atoms with Crippen LogP contribution in [0.15, 0.2) is 158 Å². The van der Waals surface area contributed by atoms with Gasteiger partial charge in [0.25, 0.3) is 0 Å². The van der Waals surface area contributed by atoms with Crippen molar-refractivity contribution < 1.29 is 43.1 Å². The summed E-state index contributed by atoms with van der Waals surface area (Å²) in [5, 5.41) is 12.3. The quantitative estimate of drug-likeness (QED) is 0.0804. The summed E-state index contributed by atoms with van der Waals surface area (Å²) in [4.78, 5) is 13.4. The minimum atomic E-state index is -1.03. The molecule has 0 spiro atoms. The van der Waals surface area contributed by atoms with Gasteiger partial charge in [0.05, 0.1) is 45.7 Å². The Morgan fingerprint density at radius 2 is 0.983 bits per heavy atom. The first kappa shape index (κ1) is 41.4. The molecule has 0 aliphatic carbocycles. The van der Waals surface area contributed by atoms with Gasteiger partial charge in [-0.05, 0) is 34.7 Å². The van der Waals surface area contributed by atoms with E-state index < -0.39 is 36.3 Å². The highest BCUT2D eigenvalue weighted by Gasteiger charge is 2.51. The molecule has 1 aliphatic heterocycles. The summed E-state index contributed by atoms with van der Waals surface area (Å²) in [6.45, 7) is 2.70. The largest absolute Gasteiger partial charge is 0.507 e. The average molecular weight is 795 g/mol. The van der Waals surface area contributed by atoms with E-state index in [-0.39, 0.29) is 61.4 Å². The number of rotatable bonds is 19. The Balaban J connectivity index is 1.32. The van der Waals surface area contributed by atoms with Crippen molar-refractivity contribution in [2.75, 3.05) is 13.7 Å². The summed E-state index contributed by atoms with van der Waals surface area (Å²) in [7, 11) is 1.50. The minimum Gasteiger partial charge on any atom is -0.507 e. The molecule has 6 aromatic carbocycles. The molecule has 59 heavy (non-hydrogen) atoms. The first-order valence-corrected chi connectivity index (χ1v) is 19.8. The standard InChI is InChI=1S/C50H50O9/c1-35(51)44-42(55-30-37-20-10-4-11-21-37)28-41(53-2)45(46(44)52)48-50(58-33-40-26-16-7-17-27-40)49(57-32-39-24-14-6-15-25-39)47(56-31-38-22-12-5-13-23-38)43(59-48)34-54-29-36-18-8-3-9-19-36/h3-28,43,47-50,52H,29-34H2,1-2H3/t43-,47-,48+,49+,50+/m1/s1. The third-order valence-corrected chi connectivity index (χ3v) is 10.2. The van der Waals surface area contributed by atoms with Gasteiger partial charge in [-0.15, -0.1) is 0 Å². The highest BCUT2D eigenvalue weighted by molar-refractivity contribution is 6.00. The van der Waals surface area contributed by atoms with Crippen molar-refractivity contribution in [1.82, 2.24) is 0 Å². The monoisotopic (exact) mass is 794 g/mol. The Morgan fingerprint density at radius 1 is 0.559 bits per heavy atom. The summed E-state index contributed by atoms with van der Waals surface area (Å²) in [5.41, 5.74) is 4.98. The lowest BCUT2D eigenvalue weighted by molar-refractivity contribution is -0.275. The van der Waals surface area contributed by atoms with Crippen LogP contribution < -0.4 is 9.47 Å². The van der Waals surface area contributed by atoms with Gasteiger partial charge in [0, 0.05) is 6.07 Å². The highest BCUT2D eigenvalue weighted by atomic mass is 16.6. The lowest BCUT2D eigenvalue weighted by atomic mass is 9.88. The fraction of sp³-hybridized carbons (Fsp3) is 0.260. The molecular weight excluding hydrogens is 745 g/mol. The first-order chi connectivity index (χ1) is 29.0. The Labute approximate surface area is 346 Å². The molecule has 0 saturated carbocycles. The zero-order valence-corrected chi connectivity index (χ0v) is 33.4. The maximum Gasteiger partial charge on any atom is 0.167 e. The number of phenols is 1. The molecule has 1 fully saturated rings. The fourth-order valence-corrected chi connectivity index (χ4v) is 7.29. The summed E-state index contributed by atoms with van der Waals surface area (Å²) < 4.78 is 46.3. The third-order valence-electron chi connectivity index (χ3n) is 10.2. The summed E-state index contributed by atoms with van der Waals surface area (Å²) in [6, 6.07) is 50.7. The molecular formula is C50H50O9. The number of methoxy groups -OCH3 is 1. The predicted molar refractivity (Wildman–Crippen MR) is 224 cm³/mol. The van der Waals surface area contributed by atoms with Crippen molar-refractivity contribution in [1.29, 1.82) is 0 Å². The maximum absolute atomic E-state index is 13.4. The smallest absolute Gasteiger partial charge is 0.167 e. The SMILES string of the molecule is COc1cc(OCc2ccccc2)c(C(C)=O)c(O)c1[C@@H]1O[C@H](COCc2ccccc2)[C@@H](OCc2ccccc2)[C@H](OCc2ccccc2)[C@H]1OCc1ccccc1. The van der Waals surface area contributed by atoms with Crippen LogP contribution >= 0.6 is 0 Å². The number of phenolic OH excluding ortho intramolecular Hbond substituents is 1. The van der Waals surface area contributed by atoms with Crippen LogP contribution in [0.4, 0.5) is 0 Å². The number of carbonyl (C=O) groups excluding carboxylic acids is 1. The Hall–Kier alpha value is -5.81. The molecule has 1 saturated heterocycles. The van der Waals surface area contributed by atoms with Gasteiger partial charge in [0.1, 0.15) is 59.9 Å². The van der Waals surface area contributed by atoms with Gasteiger partial charge in [-0.3, -0.25) is 4.79 Å². The molecule has 9 nitrogen and oxygen atoms in total. The zero-order chi connectivity index (χ0) is 40.8. The molecule has 1 aliphatic rings. The van der Waals surface area contributed by atoms with Crippen molar-refractivity contribution in [2.24, 2.45) is 0 Å². The third kappa shape index (κ3) is 10.8. The number of aromatic hydroxyl groups is 1. The Morgan fingerprint density at radius 3 is 1.44 bits per heavy atom. The van der Waals surface area contributed by atoms with Crippen LogP contribution in [-0.2, 0) is 56.7 Å². The van der Waals surface area contributed by atoms with Gasteiger partial charge in [-0.25, -0.2) is 0 Å². The second kappa shape index (κ2) is 20.7. The van der Waals surface area contributed by atoms with Crippen LogP contribution in [-0.4, -0.2) is 49.0 Å². The zero-order valence-electron chi connectivity index (χ0n) is 33.4. The predicted octanol–water partition coefficient (Wildman–Crippen LogP) is 9.60. The van der Waals surface area contributed by atoms with Crippen LogP contribution in [0.25, 0.3) is 0 Å². The fourth-order valence-electron chi connectivity index (χ4n) is 7.29. The maximum atomic E-state index is 13.4. The summed E-state index contributed by atoms with van der Waals surface area (Å²) in [6.07, 6.45) is -4.13. The molecule has 5 atom stereocenters. The van der Waals surface area contributed by atoms with E-state index in [2.05, 4.69) is 0 Å². The van der Waals surface area contributed by atoms with E-state index >= 15 is 0 Å². The van der Waals surface area contributed by atoms with Crippen LogP contribution in [0.3, 0.4) is 0 Å². The van der Waals surface area contributed by atoms with Crippen molar-refractivity contribution in [2.45, 2.75) is 70.5 Å². The van der Waals surface area contributed by atoms with Gasteiger partial charge in [-0.2, -0.15) is 0 Å². The summed E-state index contributed by atoms with van der Waals surface area (Å²) >= 11 is 0.